The Morgan fingerprint density at radius 3 is 1.94 bits per heavy atom. The number of hydrogen-bond donors (Lipinski definition) is 0. The lowest BCUT2D eigenvalue weighted by Crippen LogP contribution is -2.34. The maximum absolute atomic E-state index is 12.6. The van der Waals surface area contributed by atoms with Gasteiger partial charge >= 0.3 is 12.4 Å². The van der Waals surface area contributed by atoms with Gasteiger partial charge in [-0.3, -0.25) is 0 Å². The SMILES string of the molecule is CC(C)(Cc1cccc(C(F)(F)F)c1)C(F)(F)F. The van der Waals surface area contributed by atoms with Gasteiger partial charge in [0, 0.05) is 0 Å². The van der Waals surface area contributed by atoms with E-state index in [2.05, 4.69) is 0 Å². The van der Waals surface area contributed by atoms with Crippen molar-refractivity contribution in [3.8, 4) is 0 Å². The minimum absolute atomic E-state index is 0.0205. The van der Waals surface area contributed by atoms with E-state index >= 15 is 0 Å². The third-order valence-corrected chi connectivity index (χ3v) is 2.67. The summed E-state index contributed by atoms with van der Waals surface area (Å²) in [6, 6.07) is 3.98. The molecule has 18 heavy (non-hydrogen) atoms. The molecule has 0 aliphatic heterocycles. The highest BCUT2D eigenvalue weighted by atomic mass is 19.4. The first kappa shape index (κ1) is 14.9. The van der Waals surface area contributed by atoms with Crippen molar-refractivity contribution in [3.63, 3.8) is 0 Å². The minimum Gasteiger partial charge on any atom is -0.171 e. The Labute approximate surface area is 101 Å². The standard InChI is InChI=1S/C12H12F6/c1-10(2,12(16,17)18)7-8-4-3-5-9(6-8)11(13,14)15/h3-6H,7H2,1-2H3. The molecule has 1 aromatic rings. The smallest absolute Gasteiger partial charge is 0.171 e. The number of rotatable bonds is 2. The summed E-state index contributed by atoms with van der Waals surface area (Å²) < 4.78 is 75.1. The van der Waals surface area contributed by atoms with E-state index in [1.807, 2.05) is 0 Å². The van der Waals surface area contributed by atoms with Crippen LogP contribution in [0.25, 0.3) is 0 Å². The van der Waals surface area contributed by atoms with Gasteiger partial charge in [-0.1, -0.05) is 32.0 Å². The second kappa shape index (κ2) is 4.48. The molecule has 0 aliphatic carbocycles. The average Bonchev–Trinajstić information content (AvgIpc) is 2.14. The van der Waals surface area contributed by atoms with Crippen LogP contribution in [0.5, 0.6) is 0 Å². The van der Waals surface area contributed by atoms with Crippen LogP contribution < -0.4 is 0 Å². The van der Waals surface area contributed by atoms with Crippen molar-refractivity contribution in [1.82, 2.24) is 0 Å². The van der Waals surface area contributed by atoms with Crippen LogP contribution in [-0.4, -0.2) is 6.18 Å². The van der Waals surface area contributed by atoms with E-state index < -0.39 is 29.8 Å². The fourth-order valence-corrected chi connectivity index (χ4v) is 1.47. The van der Waals surface area contributed by atoms with Crippen LogP contribution in [0.4, 0.5) is 26.3 Å². The van der Waals surface area contributed by atoms with Crippen LogP contribution >= 0.6 is 0 Å². The first-order chi connectivity index (χ1) is 7.93. The Morgan fingerprint density at radius 2 is 1.50 bits per heavy atom. The van der Waals surface area contributed by atoms with Crippen molar-refractivity contribution in [2.75, 3.05) is 0 Å². The van der Waals surface area contributed by atoms with E-state index in [9.17, 15) is 26.3 Å². The van der Waals surface area contributed by atoms with E-state index in [0.29, 0.717) is 0 Å². The predicted molar refractivity (Wildman–Crippen MR) is 55.0 cm³/mol. The van der Waals surface area contributed by atoms with E-state index in [4.69, 9.17) is 0 Å². The maximum atomic E-state index is 12.6. The topological polar surface area (TPSA) is 0 Å². The Kier molecular flexibility index (Phi) is 3.70. The van der Waals surface area contributed by atoms with Crippen molar-refractivity contribution in [2.24, 2.45) is 5.41 Å². The van der Waals surface area contributed by atoms with Gasteiger partial charge in [0.15, 0.2) is 0 Å². The molecule has 0 aliphatic rings. The Bertz CT molecular complexity index is 413. The Balaban J connectivity index is 3.00. The van der Waals surface area contributed by atoms with Crippen molar-refractivity contribution >= 4 is 0 Å². The summed E-state index contributed by atoms with van der Waals surface area (Å²) in [7, 11) is 0. The summed E-state index contributed by atoms with van der Waals surface area (Å²) in [4.78, 5) is 0. The summed E-state index contributed by atoms with van der Waals surface area (Å²) in [6.07, 6.45) is -9.49. The number of halogens is 6. The minimum atomic E-state index is -4.54. The van der Waals surface area contributed by atoms with Gasteiger partial charge in [0.05, 0.1) is 11.0 Å². The molecule has 102 valence electrons. The molecule has 0 nitrogen and oxygen atoms in total. The second-order valence-corrected chi connectivity index (χ2v) is 4.76. The summed E-state index contributed by atoms with van der Waals surface area (Å²) in [6.45, 7) is 1.93. The molecule has 0 saturated heterocycles. The molecule has 0 unspecified atom stereocenters. The summed E-state index contributed by atoms with van der Waals surface area (Å²) >= 11 is 0. The largest absolute Gasteiger partial charge is 0.416 e. The molecule has 1 rings (SSSR count). The molecule has 0 radical (unpaired) electrons. The van der Waals surface area contributed by atoms with Crippen molar-refractivity contribution in [1.29, 1.82) is 0 Å². The lowest BCUT2D eigenvalue weighted by molar-refractivity contribution is -0.211. The highest BCUT2D eigenvalue weighted by Gasteiger charge is 2.47. The monoisotopic (exact) mass is 270 g/mol. The maximum Gasteiger partial charge on any atom is 0.416 e. The zero-order chi connectivity index (χ0) is 14.2. The predicted octanol–water partition coefficient (Wildman–Crippen LogP) is 4.84. The second-order valence-electron chi connectivity index (χ2n) is 4.76. The Hall–Kier alpha value is -1.20. The zero-order valence-electron chi connectivity index (χ0n) is 9.78. The van der Waals surface area contributed by atoms with E-state index in [1.165, 1.54) is 6.07 Å². The number of hydrogen-bond acceptors (Lipinski definition) is 0. The van der Waals surface area contributed by atoms with Gasteiger partial charge in [-0.15, -0.1) is 0 Å². The van der Waals surface area contributed by atoms with Crippen LogP contribution in [0.1, 0.15) is 25.0 Å². The average molecular weight is 270 g/mol. The molecule has 0 fully saturated rings. The van der Waals surface area contributed by atoms with Gasteiger partial charge in [0.25, 0.3) is 0 Å². The van der Waals surface area contributed by atoms with Crippen LogP contribution in [0.15, 0.2) is 24.3 Å². The first-order valence-corrected chi connectivity index (χ1v) is 5.16. The van der Waals surface area contributed by atoms with Gasteiger partial charge in [-0.25, -0.2) is 0 Å². The molecule has 0 N–H and O–H groups in total. The molecule has 0 amide bonds. The van der Waals surface area contributed by atoms with Gasteiger partial charge in [-0.05, 0) is 18.1 Å². The fourth-order valence-electron chi connectivity index (χ4n) is 1.47. The molecule has 0 atom stereocenters. The van der Waals surface area contributed by atoms with E-state index in [-0.39, 0.29) is 5.56 Å². The molecule has 0 heterocycles. The zero-order valence-corrected chi connectivity index (χ0v) is 9.78. The van der Waals surface area contributed by atoms with Crippen LogP contribution in [0.3, 0.4) is 0 Å². The summed E-state index contributed by atoms with van der Waals surface area (Å²) in [5, 5.41) is 0. The van der Waals surface area contributed by atoms with Gasteiger partial charge in [-0.2, -0.15) is 26.3 Å². The van der Waals surface area contributed by atoms with Crippen LogP contribution in [-0.2, 0) is 12.6 Å². The highest BCUT2D eigenvalue weighted by molar-refractivity contribution is 5.26. The lowest BCUT2D eigenvalue weighted by atomic mass is 9.84. The van der Waals surface area contributed by atoms with E-state index in [1.54, 1.807) is 0 Å². The quantitative estimate of drug-likeness (QED) is 0.675. The first-order valence-electron chi connectivity index (χ1n) is 5.16. The fraction of sp³-hybridized carbons (Fsp3) is 0.500. The third-order valence-electron chi connectivity index (χ3n) is 2.67. The molecular formula is C12H12F6. The molecule has 6 heteroatoms. The van der Waals surface area contributed by atoms with Gasteiger partial charge in [0.2, 0.25) is 0 Å². The normalized spacial score (nSPS) is 13.8. The lowest BCUT2D eigenvalue weighted by Gasteiger charge is -2.27. The summed E-state index contributed by atoms with van der Waals surface area (Å²) in [5.74, 6) is 0. The Morgan fingerprint density at radius 1 is 0.944 bits per heavy atom. The van der Waals surface area contributed by atoms with Crippen molar-refractivity contribution in [3.05, 3.63) is 35.4 Å². The molecule has 0 spiro atoms. The van der Waals surface area contributed by atoms with Crippen molar-refractivity contribution < 1.29 is 26.3 Å². The van der Waals surface area contributed by atoms with Crippen LogP contribution in [0, 0.1) is 5.41 Å². The number of alkyl halides is 6. The van der Waals surface area contributed by atoms with Gasteiger partial charge < -0.3 is 0 Å². The van der Waals surface area contributed by atoms with Gasteiger partial charge in [0.1, 0.15) is 0 Å². The number of benzene rings is 1. The summed E-state index contributed by atoms with van der Waals surface area (Å²) in [5.41, 5.74) is -2.97. The molecule has 0 saturated carbocycles. The molecule has 0 aromatic heterocycles. The molecule has 1 aromatic carbocycles. The third kappa shape index (κ3) is 3.40. The highest BCUT2D eigenvalue weighted by Crippen LogP contribution is 2.40. The van der Waals surface area contributed by atoms with Crippen LogP contribution in [0.2, 0.25) is 0 Å². The molecular weight excluding hydrogens is 258 g/mol. The van der Waals surface area contributed by atoms with E-state index in [0.717, 1.165) is 32.0 Å². The van der Waals surface area contributed by atoms with Crippen molar-refractivity contribution in [2.45, 2.75) is 32.6 Å². The molecule has 0 bridgehead atoms.